The van der Waals surface area contributed by atoms with Gasteiger partial charge in [-0.3, -0.25) is 0 Å². The summed E-state index contributed by atoms with van der Waals surface area (Å²) in [5.74, 6) is 1.46. The van der Waals surface area contributed by atoms with Crippen molar-refractivity contribution in [3.63, 3.8) is 0 Å². The first kappa shape index (κ1) is 11.0. The Labute approximate surface area is 109 Å². The predicted octanol–water partition coefficient (Wildman–Crippen LogP) is 3.48. The largest absolute Gasteiger partial charge is 0.357 e. The summed E-state index contributed by atoms with van der Waals surface area (Å²) in [6.45, 7) is 0. The summed E-state index contributed by atoms with van der Waals surface area (Å²) in [4.78, 5) is 8.87. The van der Waals surface area contributed by atoms with Gasteiger partial charge in [0.05, 0.1) is 10.2 Å². The topological polar surface area (TPSA) is 49.8 Å². The normalized spacial score (nSPS) is 10.5. The fourth-order valence-electron chi connectivity index (χ4n) is 1.72. The second-order valence-electron chi connectivity index (χ2n) is 3.77. The van der Waals surface area contributed by atoms with Crippen LogP contribution in [0.15, 0.2) is 41.8 Å². The van der Waals surface area contributed by atoms with Crippen molar-refractivity contribution in [2.45, 2.75) is 0 Å². The molecule has 4 nitrogen and oxygen atoms in total. The van der Waals surface area contributed by atoms with Gasteiger partial charge < -0.3 is 10.6 Å². The molecule has 0 atom stereocenters. The molecule has 3 aromatic rings. The standard InChI is InChI=1S/C13H12N4S/c1-14-13-16-10-7-8-18-11(10)12(17-13)15-9-5-3-2-4-6-9/h2-8H,1H3,(H2,14,15,16,17). The molecule has 0 aliphatic rings. The van der Waals surface area contributed by atoms with Crippen molar-refractivity contribution in [2.75, 3.05) is 17.7 Å². The highest BCUT2D eigenvalue weighted by Gasteiger charge is 2.08. The third-order valence-electron chi connectivity index (χ3n) is 2.56. The zero-order chi connectivity index (χ0) is 12.4. The van der Waals surface area contributed by atoms with Crippen LogP contribution >= 0.6 is 11.3 Å². The van der Waals surface area contributed by atoms with Crippen molar-refractivity contribution in [3.05, 3.63) is 41.8 Å². The average molecular weight is 256 g/mol. The molecule has 2 aromatic heterocycles. The maximum Gasteiger partial charge on any atom is 0.225 e. The highest BCUT2D eigenvalue weighted by Crippen LogP contribution is 2.29. The number of hydrogen-bond donors (Lipinski definition) is 2. The van der Waals surface area contributed by atoms with Gasteiger partial charge >= 0.3 is 0 Å². The number of anilines is 3. The Morgan fingerprint density at radius 1 is 1.06 bits per heavy atom. The highest BCUT2D eigenvalue weighted by atomic mass is 32.1. The van der Waals surface area contributed by atoms with E-state index in [4.69, 9.17) is 0 Å². The molecule has 0 aliphatic heterocycles. The van der Waals surface area contributed by atoms with E-state index in [1.807, 2.05) is 48.8 Å². The van der Waals surface area contributed by atoms with Crippen molar-refractivity contribution in [1.82, 2.24) is 9.97 Å². The van der Waals surface area contributed by atoms with Gasteiger partial charge in [0.1, 0.15) is 0 Å². The first-order valence-corrected chi connectivity index (χ1v) is 6.50. The zero-order valence-corrected chi connectivity index (χ0v) is 10.7. The molecule has 0 spiro atoms. The number of rotatable bonds is 3. The van der Waals surface area contributed by atoms with Gasteiger partial charge in [-0.1, -0.05) is 18.2 Å². The molecule has 1 aromatic carbocycles. The number of nitrogens with one attached hydrogen (secondary N) is 2. The van der Waals surface area contributed by atoms with Crippen molar-refractivity contribution in [1.29, 1.82) is 0 Å². The van der Waals surface area contributed by atoms with Crippen molar-refractivity contribution in [2.24, 2.45) is 0 Å². The third kappa shape index (κ3) is 2.00. The quantitative estimate of drug-likeness (QED) is 0.753. The number of nitrogens with zero attached hydrogens (tertiary/aromatic N) is 2. The fraction of sp³-hybridized carbons (Fsp3) is 0.0769. The molecule has 0 aliphatic carbocycles. The Kier molecular flexibility index (Phi) is 2.82. The van der Waals surface area contributed by atoms with Gasteiger partial charge in [0, 0.05) is 12.7 Å². The molecule has 90 valence electrons. The number of benzene rings is 1. The van der Waals surface area contributed by atoms with E-state index >= 15 is 0 Å². The molecule has 0 fully saturated rings. The van der Waals surface area contributed by atoms with Gasteiger partial charge in [-0.25, -0.2) is 4.98 Å². The van der Waals surface area contributed by atoms with E-state index in [2.05, 4.69) is 20.6 Å². The summed E-state index contributed by atoms with van der Waals surface area (Å²) in [5.41, 5.74) is 1.98. The Hall–Kier alpha value is -2.14. The van der Waals surface area contributed by atoms with E-state index in [9.17, 15) is 0 Å². The Balaban J connectivity index is 2.07. The van der Waals surface area contributed by atoms with Crippen LogP contribution < -0.4 is 10.6 Å². The predicted molar refractivity (Wildman–Crippen MR) is 76.7 cm³/mol. The van der Waals surface area contributed by atoms with Gasteiger partial charge in [-0.05, 0) is 23.6 Å². The van der Waals surface area contributed by atoms with Crippen LogP contribution in [0.4, 0.5) is 17.5 Å². The van der Waals surface area contributed by atoms with E-state index < -0.39 is 0 Å². The van der Waals surface area contributed by atoms with Crippen LogP contribution in [0.1, 0.15) is 0 Å². The minimum Gasteiger partial charge on any atom is -0.357 e. The van der Waals surface area contributed by atoms with Gasteiger partial charge in [-0.2, -0.15) is 4.98 Å². The lowest BCUT2D eigenvalue weighted by atomic mass is 10.3. The van der Waals surface area contributed by atoms with Crippen LogP contribution in [0.5, 0.6) is 0 Å². The molecule has 0 saturated heterocycles. The highest BCUT2D eigenvalue weighted by molar-refractivity contribution is 7.17. The van der Waals surface area contributed by atoms with Crippen molar-refractivity contribution in [3.8, 4) is 0 Å². The summed E-state index contributed by atoms with van der Waals surface area (Å²) in [6.07, 6.45) is 0. The Bertz CT molecular complexity index is 663. The Morgan fingerprint density at radius 2 is 1.89 bits per heavy atom. The monoisotopic (exact) mass is 256 g/mol. The van der Waals surface area contributed by atoms with Crippen LogP contribution in [0, 0.1) is 0 Å². The molecular weight excluding hydrogens is 244 g/mol. The molecule has 0 bridgehead atoms. The van der Waals surface area contributed by atoms with Gasteiger partial charge in [0.25, 0.3) is 0 Å². The van der Waals surface area contributed by atoms with Crippen LogP contribution in [0.3, 0.4) is 0 Å². The maximum absolute atomic E-state index is 4.46. The van der Waals surface area contributed by atoms with E-state index in [1.165, 1.54) is 0 Å². The van der Waals surface area contributed by atoms with Gasteiger partial charge in [0.15, 0.2) is 5.82 Å². The molecule has 2 heterocycles. The molecule has 5 heteroatoms. The number of thiophene rings is 1. The van der Waals surface area contributed by atoms with E-state index in [0.717, 1.165) is 21.7 Å². The molecule has 18 heavy (non-hydrogen) atoms. The molecule has 0 radical (unpaired) electrons. The molecular formula is C13H12N4S. The van der Waals surface area contributed by atoms with Crippen LogP contribution in [-0.2, 0) is 0 Å². The Morgan fingerprint density at radius 3 is 2.67 bits per heavy atom. The summed E-state index contributed by atoms with van der Waals surface area (Å²) in [5, 5.41) is 8.33. The molecule has 2 N–H and O–H groups in total. The fourth-order valence-corrected chi connectivity index (χ4v) is 2.49. The lowest BCUT2D eigenvalue weighted by molar-refractivity contribution is 1.20. The molecule has 0 saturated carbocycles. The number of hydrogen-bond acceptors (Lipinski definition) is 5. The summed E-state index contributed by atoms with van der Waals surface area (Å²) in [7, 11) is 1.82. The van der Waals surface area contributed by atoms with Gasteiger partial charge in [0.2, 0.25) is 5.95 Å². The van der Waals surface area contributed by atoms with E-state index in [1.54, 1.807) is 11.3 Å². The van der Waals surface area contributed by atoms with Crippen LogP contribution in [-0.4, -0.2) is 17.0 Å². The van der Waals surface area contributed by atoms with Crippen LogP contribution in [0.25, 0.3) is 10.2 Å². The van der Waals surface area contributed by atoms with E-state index in [-0.39, 0.29) is 0 Å². The smallest absolute Gasteiger partial charge is 0.225 e. The molecule has 3 rings (SSSR count). The minimum absolute atomic E-state index is 0.624. The van der Waals surface area contributed by atoms with Crippen molar-refractivity contribution < 1.29 is 0 Å². The summed E-state index contributed by atoms with van der Waals surface area (Å²) >= 11 is 1.64. The first-order valence-electron chi connectivity index (χ1n) is 5.62. The average Bonchev–Trinajstić information content (AvgIpc) is 2.88. The third-order valence-corrected chi connectivity index (χ3v) is 3.47. The summed E-state index contributed by atoms with van der Waals surface area (Å²) in [6, 6.07) is 12.0. The SMILES string of the molecule is CNc1nc(Nc2ccccc2)c2sccc2n1. The lowest BCUT2D eigenvalue weighted by Gasteiger charge is -2.08. The first-order chi connectivity index (χ1) is 8.86. The zero-order valence-electron chi connectivity index (χ0n) is 9.84. The molecule has 0 amide bonds. The lowest BCUT2D eigenvalue weighted by Crippen LogP contribution is -2.00. The number of aromatic nitrogens is 2. The number of para-hydroxylation sites is 1. The number of fused-ring (bicyclic) bond motifs is 1. The van der Waals surface area contributed by atoms with Gasteiger partial charge in [-0.15, -0.1) is 11.3 Å². The maximum atomic E-state index is 4.46. The van der Waals surface area contributed by atoms with E-state index in [0.29, 0.717) is 5.95 Å². The van der Waals surface area contributed by atoms with Crippen molar-refractivity contribution >= 4 is 39.0 Å². The second-order valence-corrected chi connectivity index (χ2v) is 4.69. The molecule has 0 unspecified atom stereocenters. The van der Waals surface area contributed by atoms with Crippen LogP contribution in [0.2, 0.25) is 0 Å². The minimum atomic E-state index is 0.624. The summed E-state index contributed by atoms with van der Waals surface area (Å²) < 4.78 is 1.07. The second kappa shape index (κ2) is 4.62.